The van der Waals surface area contributed by atoms with E-state index in [0.29, 0.717) is 21.9 Å². The van der Waals surface area contributed by atoms with E-state index < -0.39 is 11.6 Å². The highest BCUT2D eigenvalue weighted by molar-refractivity contribution is 7.13. The minimum atomic E-state index is -0.686. The molecule has 1 amide bonds. The summed E-state index contributed by atoms with van der Waals surface area (Å²) >= 11 is 1.26. The molecule has 0 saturated carbocycles. The van der Waals surface area contributed by atoms with Crippen LogP contribution in [0.5, 0.6) is 5.75 Å². The molecule has 8 heteroatoms. The monoisotopic (exact) mass is 454 g/mol. The van der Waals surface area contributed by atoms with Gasteiger partial charge in [0.25, 0.3) is 5.91 Å². The number of thiazole rings is 1. The van der Waals surface area contributed by atoms with Gasteiger partial charge in [0.2, 0.25) is 0 Å². The van der Waals surface area contributed by atoms with E-state index in [-0.39, 0.29) is 36.1 Å². The smallest absolute Gasteiger partial charge is 0.271 e. The molecular formula is C24H17F3N2O2S. The first kappa shape index (κ1) is 21.6. The van der Waals surface area contributed by atoms with Gasteiger partial charge in [0.15, 0.2) is 0 Å². The van der Waals surface area contributed by atoms with Crippen LogP contribution in [0.4, 0.5) is 13.2 Å². The van der Waals surface area contributed by atoms with Gasteiger partial charge < -0.3 is 10.1 Å². The van der Waals surface area contributed by atoms with E-state index in [1.807, 2.05) is 0 Å². The Balaban J connectivity index is 1.46. The predicted molar refractivity (Wildman–Crippen MR) is 116 cm³/mol. The highest BCUT2D eigenvalue weighted by Gasteiger charge is 2.15. The molecule has 0 aliphatic heterocycles. The minimum Gasteiger partial charge on any atom is -0.488 e. The van der Waals surface area contributed by atoms with Gasteiger partial charge in [0.05, 0.1) is 5.56 Å². The largest absolute Gasteiger partial charge is 0.488 e. The van der Waals surface area contributed by atoms with Crippen LogP contribution in [0.2, 0.25) is 0 Å². The molecule has 4 aromatic rings. The topological polar surface area (TPSA) is 51.2 Å². The third kappa shape index (κ3) is 5.15. The molecule has 3 aromatic carbocycles. The number of hydrogen-bond acceptors (Lipinski definition) is 4. The first-order valence-electron chi connectivity index (χ1n) is 9.64. The van der Waals surface area contributed by atoms with E-state index in [9.17, 15) is 18.0 Å². The zero-order valence-electron chi connectivity index (χ0n) is 16.6. The molecule has 0 bridgehead atoms. The standard InChI is InChI=1S/C24H17F3N2O2S/c25-17-5-3-4-15(10-17)12-28-23(30)21-14-32-24(29-21)19-6-1-2-7-22(19)31-13-16-8-9-18(26)11-20(16)27/h1-11,14H,12-13H2,(H,28,30). The first-order chi connectivity index (χ1) is 15.5. The molecule has 0 unspecified atom stereocenters. The summed E-state index contributed by atoms with van der Waals surface area (Å²) in [6, 6.07) is 16.3. The van der Waals surface area contributed by atoms with Crippen molar-refractivity contribution in [1.29, 1.82) is 0 Å². The maximum atomic E-state index is 13.9. The van der Waals surface area contributed by atoms with Crippen molar-refractivity contribution in [2.45, 2.75) is 13.2 Å². The maximum absolute atomic E-state index is 13.9. The Morgan fingerprint density at radius 3 is 2.59 bits per heavy atom. The highest BCUT2D eigenvalue weighted by atomic mass is 32.1. The molecule has 0 spiro atoms. The molecule has 0 fully saturated rings. The highest BCUT2D eigenvalue weighted by Crippen LogP contribution is 2.33. The number of aromatic nitrogens is 1. The molecule has 0 aliphatic rings. The summed E-state index contributed by atoms with van der Waals surface area (Å²) in [5.74, 6) is -1.64. The summed E-state index contributed by atoms with van der Waals surface area (Å²) in [5, 5.41) is 4.88. The quantitative estimate of drug-likeness (QED) is 0.388. The lowest BCUT2D eigenvalue weighted by Gasteiger charge is -2.10. The van der Waals surface area contributed by atoms with Crippen LogP contribution < -0.4 is 10.1 Å². The summed E-state index contributed by atoms with van der Waals surface area (Å²) in [7, 11) is 0. The second-order valence-electron chi connectivity index (χ2n) is 6.87. The van der Waals surface area contributed by atoms with Gasteiger partial charge in [0.1, 0.15) is 40.5 Å². The number of para-hydroxylation sites is 1. The number of rotatable bonds is 7. The Morgan fingerprint density at radius 2 is 1.78 bits per heavy atom. The van der Waals surface area contributed by atoms with Gasteiger partial charge in [-0.25, -0.2) is 18.2 Å². The van der Waals surface area contributed by atoms with Crippen LogP contribution in [-0.4, -0.2) is 10.9 Å². The fraction of sp³-hybridized carbons (Fsp3) is 0.0833. The number of nitrogens with zero attached hydrogens (tertiary/aromatic N) is 1. The Kier molecular flexibility index (Phi) is 6.51. The number of benzene rings is 3. The summed E-state index contributed by atoms with van der Waals surface area (Å²) in [5.41, 5.74) is 1.73. The average molecular weight is 454 g/mol. The summed E-state index contributed by atoms with van der Waals surface area (Å²) in [4.78, 5) is 16.8. The third-order valence-electron chi connectivity index (χ3n) is 4.59. The summed E-state index contributed by atoms with van der Waals surface area (Å²) in [6.45, 7) is 0.0852. The van der Waals surface area contributed by atoms with Gasteiger partial charge in [-0.3, -0.25) is 4.79 Å². The van der Waals surface area contributed by atoms with E-state index in [1.54, 1.807) is 41.8 Å². The van der Waals surface area contributed by atoms with Gasteiger partial charge in [-0.05, 0) is 42.0 Å². The Hall–Kier alpha value is -3.65. The molecule has 0 saturated heterocycles. The molecule has 1 heterocycles. The van der Waals surface area contributed by atoms with Crippen molar-refractivity contribution in [1.82, 2.24) is 10.3 Å². The van der Waals surface area contributed by atoms with Crippen LogP contribution in [0.25, 0.3) is 10.6 Å². The van der Waals surface area contributed by atoms with Gasteiger partial charge in [-0.15, -0.1) is 11.3 Å². The average Bonchev–Trinajstić information content (AvgIpc) is 3.27. The van der Waals surface area contributed by atoms with Crippen molar-refractivity contribution in [3.63, 3.8) is 0 Å². The van der Waals surface area contributed by atoms with Gasteiger partial charge in [-0.1, -0.05) is 24.3 Å². The molecule has 4 rings (SSSR count). The van der Waals surface area contributed by atoms with Crippen LogP contribution in [0.3, 0.4) is 0 Å². The second-order valence-corrected chi connectivity index (χ2v) is 7.73. The Labute approximate surface area is 186 Å². The molecule has 32 heavy (non-hydrogen) atoms. The number of halogens is 3. The number of nitrogens with one attached hydrogen (secondary N) is 1. The van der Waals surface area contributed by atoms with Crippen LogP contribution in [0.1, 0.15) is 21.6 Å². The number of carbonyl (C=O) groups excluding carboxylic acids is 1. The van der Waals surface area contributed by atoms with Crippen molar-refractivity contribution in [2.24, 2.45) is 0 Å². The number of hydrogen-bond donors (Lipinski definition) is 1. The molecule has 4 nitrogen and oxygen atoms in total. The predicted octanol–water partition coefficient (Wildman–Crippen LogP) is 5.74. The fourth-order valence-electron chi connectivity index (χ4n) is 2.98. The van der Waals surface area contributed by atoms with Crippen molar-refractivity contribution < 1.29 is 22.7 Å². The molecule has 1 N–H and O–H groups in total. The zero-order valence-corrected chi connectivity index (χ0v) is 17.5. The van der Waals surface area contributed by atoms with E-state index in [4.69, 9.17) is 4.74 Å². The Bertz CT molecular complexity index is 1260. The van der Waals surface area contributed by atoms with Crippen LogP contribution >= 0.6 is 11.3 Å². The van der Waals surface area contributed by atoms with Crippen molar-refractivity contribution in [2.75, 3.05) is 0 Å². The fourth-order valence-corrected chi connectivity index (χ4v) is 3.81. The minimum absolute atomic E-state index is 0.0878. The lowest BCUT2D eigenvalue weighted by Crippen LogP contribution is -2.23. The molecule has 1 aromatic heterocycles. The SMILES string of the molecule is O=C(NCc1cccc(F)c1)c1csc(-c2ccccc2OCc2ccc(F)cc2F)n1. The van der Waals surface area contributed by atoms with Gasteiger partial charge >= 0.3 is 0 Å². The number of carbonyl (C=O) groups is 1. The van der Waals surface area contributed by atoms with Gasteiger partial charge in [0, 0.05) is 23.6 Å². The number of ether oxygens (including phenoxy) is 1. The van der Waals surface area contributed by atoms with Crippen LogP contribution in [0, 0.1) is 17.5 Å². The Morgan fingerprint density at radius 1 is 0.969 bits per heavy atom. The molecule has 0 radical (unpaired) electrons. The molecular weight excluding hydrogens is 437 g/mol. The molecule has 0 atom stereocenters. The third-order valence-corrected chi connectivity index (χ3v) is 5.47. The van der Waals surface area contributed by atoms with E-state index in [2.05, 4.69) is 10.3 Å². The lowest BCUT2D eigenvalue weighted by atomic mass is 10.2. The second kappa shape index (κ2) is 9.65. The molecule has 162 valence electrons. The lowest BCUT2D eigenvalue weighted by molar-refractivity contribution is 0.0946. The summed E-state index contributed by atoms with van der Waals surface area (Å²) in [6.07, 6.45) is 0. The van der Waals surface area contributed by atoms with E-state index >= 15 is 0 Å². The van der Waals surface area contributed by atoms with Crippen molar-refractivity contribution in [3.05, 3.63) is 106 Å². The number of amides is 1. The first-order valence-corrected chi connectivity index (χ1v) is 10.5. The van der Waals surface area contributed by atoms with Crippen molar-refractivity contribution in [3.8, 4) is 16.3 Å². The van der Waals surface area contributed by atoms with Crippen LogP contribution in [0.15, 0.2) is 72.1 Å². The van der Waals surface area contributed by atoms with Crippen molar-refractivity contribution >= 4 is 17.2 Å². The normalized spacial score (nSPS) is 10.7. The maximum Gasteiger partial charge on any atom is 0.271 e. The van der Waals surface area contributed by atoms with E-state index in [0.717, 1.165) is 6.07 Å². The van der Waals surface area contributed by atoms with E-state index in [1.165, 1.54) is 35.6 Å². The molecule has 0 aliphatic carbocycles. The zero-order chi connectivity index (χ0) is 22.5. The summed E-state index contributed by atoms with van der Waals surface area (Å²) < 4.78 is 46.0. The van der Waals surface area contributed by atoms with Crippen LogP contribution in [-0.2, 0) is 13.2 Å². The van der Waals surface area contributed by atoms with Gasteiger partial charge in [-0.2, -0.15) is 0 Å².